The lowest BCUT2D eigenvalue weighted by Gasteiger charge is -2.35. The first-order valence-corrected chi connectivity index (χ1v) is 12.0. The highest BCUT2D eigenvalue weighted by Gasteiger charge is 2.23. The van der Waals surface area contributed by atoms with Gasteiger partial charge in [0, 0.05) is 43.4 Å². The summed E-state index contributed by atoms with van der Waals surface area (Å²) >= 11 is 1.86. The predicted octanol–water partition coefficient (Wildman–Crippen LogP) is 3.28. The number of halogens is 1. The van der Waals surface area contributed by atoms with E-state index in [1.54, 1.807) is 16.8 Å². The third-order valence-corrected chi connectivity index (χ3v) is 7.10. The first-order chi connectivity index (χ1) is 15.2. The molecule has 2 aromatic heterocycles. The van der Waals surface area contributed by atoms with E-state index in [0.29, 0.717) is 36.2 Å². The molecule has 164 valence electrons. The molecule has 1 unspecified atom stereocenters. The van der Waals surface area contributed by atoms with Crippen LogP contribution in [0.2, 0.25) is 0 Å². The zero-order valence-corrected chi connectivity index (χ0v) is 18.2. The van der Waals surface area contributed by atoms with E-state index in [9.17, 15) is 9.18 Å². The molecular weight excluding hydrogens is 417 g/mol. The molecule has 0 amide bonds. The number of rotatable bonds is 6. The number of aromatic nitrogens is 3. The van der Waals surface area contributed by atoms with Gasteiger partial charge in [-0.2, -0.15) is 21.8 Å². The van der Waals surface area contributed by atoms with Crippen molar-refractivity contribution in [2.24, 2.45) is 0 Å². The van der Waals surface area contributed by atoms with Crippen molar-refractivity contribution in [2.75, 3.05) is 30.7 Å². The van der Waals surface area contributed by atoms with Gasteiger partial charge in [0.05, 0.1) is 12.2 Å². The average molecular weight is 444 g/mol. The van der Waals surface area contributed by atoms with E-state index in [-0.39, 0.29) is 11.4 Å². The van der Waals surface area contributed by atoms with Gasteiger partial charge in [0.25, 0.3) is 11.6 Å². The van der Waals surface area contributed by atoms with E-state index >= 15 is 0 Å². The molecule has 1 saturated heterocycles. The Hall–Kier alpha value is -2.39. The summed E-state index contributed by atoms with van der Waals surface area (Å²) < 4.78 is 20.6. The van der Waals surface area contributed by atoms with Crippen LogP contribution in [0, 0.1) is 5.82 Å². The highest BCUT2D eigenvalue weighted by atomic mass is 32.2. The van der Waals surface area contributed by atoms with Gasteiger partial charge in [-0.05, 0) is 42.8 Å². The number of hydrogen-bond acceptors (Lipinski definition) is 7. The number of aryl methyl sites for hydroxylation is 1. The monoisotopic (exact) mass is 443 g/mol. The second-order valence-corrected chi connectivity index (χ2v) is 9.28. The van der Waals surface area contributed by atoms with Gasteiger partial charge in [-0.15, -0.1) is 0 Å². The molecule has 0 radical (unpaired) electrons. The molecular formula is C22H26FN5O2S. The molecule has 1 atom stereocenters. The highest BCUT2D eigenvalue weighted by Crippen LogP contribution is 2.23. The Bertz CT molecular complexity index is 1130. The van der Waals surface area contributed by atoms with Crippen LogP contribution in [0.5, 0.6) is 0 Å². The molecule has 9 heteroatoms. The molecule has 1 fully saturated rings. The molecule has 0 saturated carbocycles. The van der Waals surface area contributed by atoms with Gasteiger partial charge in [-0.1, -0.05) is 6.42 Å². The van der Waals surface area contributed by atoms with Gasteiger partial charge in [-0.3, -0.25) is 9.69 Å². The molecule has 0 spiro atoms. The minimum atomic E-state index is -0.335. The average Bonchev–Trinajstić information content (AvgIpc) is 3.18. The lowest BCUT2D eigenvalue weighted by molar-refractivity contribution is 0.147. The zero-order valence-electron chi connectivity index (χ0n) is 17.3. The topological polar surface area (TPSA) is 76.2 Å². The van der Waals surface area contributed by atoms with Crippen LogP contribution >= 0.6 is 11.8 Å². The molecule has 0 aliphatic carbocycles. The fourth-order valence-electron chi connectivity index (χ4n) is 4.40. The maximum absolute atomic E-state index is 13.4. The summed E-state index contributed by atoms with van der Waals surface area (Å²) in [5.41, 5.74) is 3.24. The molecule has 2 aliphatic rings. The maximum Gasteiger partial charge on any atom is 0.295 e. The summed E-state index contributed by atoms with van der Waals surface area (Å²) in [6, 6.07) is 6.85. The Labute approximate surface area is 184 Å². The fourth-order valence-corrected chi connectivity index (χ4v) is 5.35. The van der Waals surface area contributed by atoms with Gasteiger partial charge >= 0.3 is 0 Å². The smallest absolute Gasteiger partial charge is 0.295 e. The summed E-state index contributed by atoms with van der Waals surface area (Å²) in [5.74, 6) is 1.62. The van der Waals surface area contributed by atoms with E-state index in [2.05, 4.69) is 20.3 Å². The zero-order chi connectivity index (χ0) is 21.2. The number of likely N-dealkylation sites (tertiary alicyclic amines) is 1. The Balaban J connectivity index is 1.23. The summed E-state index contributed by atoms with van der Waals surface area (Å²) in [7, 11) is 0. The molecule has 1 aromatic carbocycles. The van der Waals surface area contributed by atoms with Crippen molar-refractivity contribution in [3.05, 3.63) is 51.7 Å². The second-order valence-electron chi connectivity index (χ2n) is 8.18. The van der Waals surface area contributed by atoms with Gasteiger partial charge in [0.1, 0.15) is 11.3 Å². The molecule has 1 N–H and O–H groups in total. The number of nitrogens with zero attached hydrogens (tertiary/aromatic N) is 4. The Morgan fingerprint density at radius 2 is 2.19 bits per heavy atom. The minimum Gasteiger partial charge on any atom is -0.423 e. The number of piperidine rings is 1. The number of fused-ring (bicyclic) bond motifs is 2. The molecule has 4 heterocycles. The third-order valence-electron chi connectivity index (χ3n) is 6.09. The van der Waals surface area contributed by atoms with Crippen LogP contribution in [0.4, 0.5) is 10.4 Å². The normalized spacial score (nSPS) is 19.5. The molecule has 5 rings (SSSR count). The van der Waals surface area contributed by atoms with E-state index in [1.165, 1.54) is 18.6 Å². The molecule has 7 nitrogen and oxygen atoms in total. The summed E-state index contributed by atoms with van der Waals surface area (Å²) in [6.07, 6.45) is 4.34. The second kappa shape index (κ2) is 9.00. The molecule has 3 aromatic rings. The Kier molecular flexibility index (Phi) is 5.95. The Morgan fingerprint density at radius 3 is 3.13 bits per heavy atom. The van der Waals surface area contributed by atoms with Gasteiger partial charge in [0.2, 0.25) is 0 Å². The quantitative estimate of drug-likeness (QED) is 0.627. The van der Waals surface area contributed by atoms with Gasteiger partial charge < -0.3 is 9.73 Å². The van der Waals surface area contributed by atoms with Gasteiger partial charge in [0.15, 0.2) is 5.58 Å². The first-order valence-electron chi connectivity index (χ1n) is 10.9. The summed E-state index contributed by atoms with van der Waals surface area (Å²) in [4.78, 5) is 19.3. The van der Waals surface area contributed by atoms with E-state index in [1.807, 2.05) is 11.8 Å². The lowest BCUT2D eigenvalue weighted by atomic mass is 10.0. The third kappa shape index (κ3) is 4.62. The standard InChI is InChI=1S/C22H26FN5O2S/c23-16-4-5-19-20(12-16)30-22(25-19)24-13-17-3-1-2-7-27(17)8-9-28-21(29)11-15-14-31-10-6-18(15)26-28/h4-5,11-12,17H,1-3,6-10,13-14H2,(H,24,25). The van der Waals surface area contributed by atoms with Crippen LogP contribution < -0.4 is 10.9 Å². The Morgan fingerprint density at radius 1 is 1.26 bits per heavy atom. The fraction of sp³-hybridized carbons (Fsp3) is 0.500. The number of hydrogen-bond donors (Lipinski definition) is 1. The van der Waals surface area contributed by atoms with Crippen LogP contribution in [-0.4, -0.2) is 51.1 Å². The van der Waals surface area contributed by atoms with Crippen molar-refractivity contribution in [3.8, 4) is 0 Å². The SMILES string of the molecule is O=c1cc2c(nn1CCN1CCCCC1CNc1nc3ccc(F)cc3o1)CCSC2. The van der Waals surface area contributed by atoms with Crippen molar-refractivity contribution in [2.45, 2.75) is 44.0 Å². The van der Waals surface area contributed by atoms with Gasteiger partial charge in [-0.25, -0.2) is 9.07 Å². The number of anilines is 1. The molecule has 31 heavy (non-hydrogen) atoms. The van der Waals surface area contributed by atoms with Crippen LogP contribution in [0.3, 0.4) is 0 Å². The molecule has 2 aliphatic heterocycles. The minimum absolute atomic E-state index is 0.00774. The van der Waals surface area contributed by atoms with Crippen LogP contribution in [-0.2, 0) is 18.7 Å². The molecule has 0 bridgehead atoms. The number of oxazole rings is 1. The van der Waals surface area contributed by atoms with E-state index in [0.717, 1.165) is 55.1 Å². The number of nitrogens with one attached hydrogen (secondary N) is 1. The maximum atomic E-state index is 13.4. The highest BCUT2D eigenvalue weighted by molar-refractivity contribution is 7.98. The van der Waals surface area contributed by atoms with Crippen LogP contribution in [0.1, 0.15) is 30.5 Å². The largest absolute Gasteiger partial charge is 0.423 e. The van der Waals surface area contributed by atoms with Crippen molar-refractivity contribution in [3.63, 3.8) is 0 Å². The first kappa shape index (κ1) is 20.5. The van der Waals surface area contributed by atoms with Crippen LogP contribution in [0.15, 0.2) is 33.5 Å². The van der Waals surface area contributed by atoms with Crippen molar-refractivity contribution in [1.29, 1.82) is 0 Å². The van der Waals surface area contributed by atoms with E-state index in [4.69, 9.17) is 4.42 Å². The van der Waals surface area contributed by atoms with E-state index < -0.39 is 0 Å². The van der Waals surface area contributed by atoms with Crippen molar-refractivity contribution in [1.82, 2.24) is 19.7 Å². The number of thioether (sulfide) groups is 1. The number of benzene rings is 1. The summed E-state index contributed by atoms with van der Waals surface area (Å²) in [6.45, 7) is 3.07. The van der Waals surface area contributed by atoms with Crippen molar-refractivity contribution < 1.29 is 8.81 Å². The predicted molar refractivity (Wildman–Crippen MR) is 120 cm³/mol. The summed E-state index contributed by atoms with van der Waals surface area (Å²) in [5, 5.41) is 7.92. The van der Waals surface area contributed by atoms with Crippen molar-refractivity contribution >= 4 is 28.9 Å². The lowest BCUT2D eigenvalue weighted by Crippen LogP contribution is -2.45. The van der Waals surface area contributed by atoms with Crippen LogP contribution in [0.25, 0.3) is 11.1 Å².